The van der Waals surface area contributed by atoms with Crippen molar-refractivity contribution in [2.75, 3.05) is 13.7 Å². The normalized spacial score (nSPS) is 21.7. The van der Waals surface area contributed by atoms with Crippen LogP contribution in [0.2, 0.25) is 0 Å². The molecule has 6 nitrogen and oxygen atoms in total. The predicted molar refractivity (Wildman–Crippen MR) is 99.4 cm³/mol. The Bertz CT molecular complexity index is 872. The first-order chi connectivity index (χ1) is 13.0. The summed E-state index contributed by atoms with van der Waals surface area (Å²) >= 11 is 0. The molecule has 0 aromatic heterocycles. The van der Waals surface area contributed by atoms with Gasteiger partial charge in [-0.15, -0.1) is 0 Å². The highest BCUT2D eigenvalue weighted by Gasteiger charge is 2.32. The number of carbonyl (C=O) groups excluding carboxylic acids is 2. The van der Waals surface area contributed by atoms with Crippen molar-refractivity contribution in [2.45, 2.75) is 32.2 Å². The molecule has 0 saturated carbocycles. The van der Waals surface area contributed by atoms with E-state index in [1.807, 2.05) is 42.5 Å². The first-order valence-corrected chi connectivity index (χ1v) is 8.69. The highest BCUT2D eigenvalue weighted by Crippen LogP contribution is 2.36. The number of methoxy groups -OCH3 is 1. The van der Waals surface area contributed by atoms with E-state index in [4.69, 9.17) is 18.9 Å². The Kier molecular flexibility index (Phi) is 5.76. The summed E-state index contributed by atoms with van der Waals surface area (Å²) in [7, 11) is 1.64. The molecule has 0 fully saturated rings. The third-order valence-electron chi connectivity index (χ3n) is 4.36. The lowest BCUT2D eigenvalue weighted by Gasteiger charge is -2.32. The van der Waals surface area contributed by atoms with Crippen molar-refractivity contribution in [3.05, 3.63) is 54.1 Å². The first-order valence-electron chi connectivity index (χ1n) is 8.69. The standard InChI is InChI=1S/C21H22O6/c1-13(22)25-12-21-20(26-14(2)23)11-10-19(27-21)17-8-9-18(24-3)16-7-5-4-6-15(16)17/h4-11,19-21H,12H2,1-3H3/t19-,20-,21+/m0/s1. The lowest BCUT2D eigenvalue weighted by Crippen LogP contribution is -2.39. The maximum Gasteiger partial charge on any atom is 0.303 e. The molecule has 1 aliphatic heterocycles. The van der Waals surface area contributed by atoms with Gasteiger partial charge in [0, 0.05) is 19.2 Å². The van der Waals surface area contributed by atoms with Gasteiger partial charge in [-0.05, 0) is 23.1 Å². The molecule has 142 valence electrons. The van der Waals surface area contributed by atoms with E-state index in [1.165, 1.54) is 13.8 Å². The van der Waals surface area contributed by atoms with Crippen LogP contribution in [0, 0.1) is 0 Å². The zero-order valence-electron chi connectivity index (χ0n) is 15.5. The van der Waals surface area contributed by atoms with E-state index in [2.05, 4.69) is 0 Å². The van der Waals surface area contributed by atoms with Gasteiger partial charge in [-0.1, -0.05) is 36.4 Å². The highest BCUT2D eigenvalue weighted by atomic mass is 16.6. The molecule has 0 radical (unpaired) electrons. The van der Waals surface area contributed by atoms with E-state index < -0.39 is 24.1 Å². The molecule has 2 aromatic rings. The molecule has 0 N–H and O–H groups in total. The molecule has 0 bridgehead atoms. The van der Waals surface area contributed by atoms with Crippen LogP contribution < -0.4 is 4.74 Å². The second-order valence-electron chi connectivity index (χ2n) is 6.26. The van der Waals surface area contributed by atoms with Gasteiger partial charge in [0.1, 0.15) is 30.7 Å². The van der Waals surface area contributed by atoms with Crippen LogP contribution in [-0.4, -0.2) is 37.9 Å². The first kappa shape index (κ1) is 18.9. The largest absolute Gasteiger partial charge is 0.496 e. The van der Waals surface area contributed by atoms with Crippen LogP contribution in [0.5, 0.6) is 5.75 Å². The summed E-state index contributed by atoms with van der Waals surface area (Å²) in [6, 6.07) is 11.7. The van der Waals surface area contributed by atoms with Gasteiger partial charge in [0.05, 0.1) is 7.11 Å². The minimum Gasteiger partial charge on any atom is -0.496 e. The molecule has 0 amide bonds. The number of benzene rings is 2. The van der Waals surface area contributed by atoms with Crippen LogP contribution in [0.1, 0.15) is 25.5 Å². The lowest BCUT2D eigenvalue weighted by molar-refractivity contribution is -0.163. The fourth-order valence-corrected chi connectivity index (χ4v) is 3.18. The van der Waals surface area contributed by atoms with E-state index in [9.17, 15) is 9.59 Å². The van der Waals surface area contributed by atoms with Gasteiger partial charge in [0.15, 0.2) is 0 Å². The Balaban J connectivity index is 1.94. The van der Waals surface area contributed by atoms with Crippen molar-refractivity contribution in [3.8, 4) is 5.75 Å². The molecule has 2 aromatic carbocycles. The predicted octanol–water partition coefficient (Wildman–Crippen LogP) is 3.34. The second-order valence-corrected chi connectivity index (χ2v) is 6.26. The summed E-state index contributed by atoms with van der Waals surface area (Å²) in [5, 5.41) is 1.98. The number of fused-ring (bicyclic) bond motifs is 1. The van der Waals surface area contributed by atoms with Crippen LogP contribution >= 0.6 is 0 Å². The van der Waals surface area contributed by atoms with E-state index in [0.717, 1.165) is 22.1 Å². The highest BCUT2D eigenvalue weighted by molar-refractivity contribution is 5.91. The van der Waals surface area contributed by atoms with Gasteiger partial charge >= 0.3 is 11.9 Å². The van der Waals surface area contributed by atoms with Crippen LogP contribution in [0.25, 0.3) is 10.8 Å². The SMILES string of the molecule is COc1ccc([C@@H]2C=C[C@H](OC(C)=O)[C@@H](COC(C)=O)O2)c2ccccc12. The maximum atomic E-state index is 11.4. The van der Waals surface area contributed by atoms with E-state index in [0.29, 0.717) is 0 Å². The lowest BCUT2D eigenvalue weighted by atomic mass is 9.97. The molecule has 0 unspecified atom stereocenters. The molecule has 6 heteroatoms. The molecule has 1 heterocycles. The monoisotopic (exact) mass is 370 g/mol. The van der Waals surface area contributed by atoms with Crippen LogP contribution in [-0.2, 0) is 23.8 Å². The van der Waals surface area contributed by atoms with Crippen molar-refractivity contribution in [1.29, 1.82) is 0 Å². The fourth-order valence-electron chi connectivity index (χ4n) is 3.18. The number of carbonyl (C=O) groups is 2. The average molecular weight is 370 g/mol. The van der Waals surface area contributed by atoms with E-state index >= 15 is 0 Å². The minimum atomic E-state index is -0.609. The van der Waals surface area contributed by atoms with Gasteiger partial charge in [0.25, 0.3) is 0 Å². The number of hydrogen-bond acceptors (Lipinski definition) is 6. The number of ether oxygens (including phenoxy) is 4. The molecular weight excluding hydrogens is 348 g/mol. The van der Waals surface area contributed by atoms with Gasteiger partial charge in [-0.25, -0.2) is 0 Å². The fraction of sp³-hybridized carbons (Fsp3) is 0.333. The minimum absolute atomic E-state index is 0.00219. The quantitative estimate of drug-likeness (QED) is 0.594. The summed E-state index contributed by atoms with van der Waals surface area (Å²) in [6.07, 6.45) is 2.07. The van der Waals surface area contributed by atoms with Gasteiger partial charge in [-0.2, -0.15) is 0 Å². The van der Waals surface area contributed by atoms with Gasteiger partial charge in [-0.3, -0.25) is 9.59 Å². The van der Waals surface area contributed by atoms with Crippen molar-refractivity contribution in [2.24, 2.45) is 0 Å². The summed E-state index contributed by atoms with van der Waals surface area (Å²) in [5.74, 6) is -0.0565. The molecule has 0 spiro atoms. The number of hydrogen-bond donors (Lipinski definition) is 0. The van der Waals surface area contributed by atoms with Crippen molar-refractivity contribution in [3.63, 3.8) is 0 Å². The smallest absolute Gasteiger partial charge is 0.303 e. The molecule has 1 aliphatic rings. The third kappa shape index (κ3) is 4.28. The molecule has 3 rings (SSSR count). The Labute approximate surface area is 157 Å². The van der Waals surface area contributed by atoms with Gasteiger partial charge in [0.2, 0.25) is 0 Å². The van der Waals surface area contributed by atoms with Crippen LogP contribution in [0.15, 0.2) is 48.6 Å². The van der Waals surface area contributed by atoms with Crippen molar-refractivity contribution >= 4 is 22.7 Å². The Morgan fingerprint density at radius 3 is 2.41 bits per heavy atom. The van der Waals surface area contributed by atoms with Gasteiger partial charge < -0.3 is 18.9 Å². The zero-order chi connectivity index (χ0) is 19.4. The van der Waals surface area contributed by atoms with Crippen molar-refractivity contribution < 1.29 is 28.5 Å². The summed E-state index contributed by atoms with van der Waals surface area (Å²) in [6.45, 7) is 2.66. The third-order valence-corrected chi connectivity index (χ3v) is 4.36. The zero-order valence-corrected chi connectivity index (χ0v) is 15.5. The van der Waals surface area contributed by atoms with E-state index in [-0.39, 0.29) is 12.7 Å². The molecule has 3 atom stereocenters. The topological polar surface area (TPSA) is 71.1 Å². The van der Waals surface area contributed by atoms with E-state index in [1.54, 1.807) is 13.2 Å². The Hall–Kier alpha value is -2.86. The Morgan fingerprint density at radius 1 is 1.00 bits per heavy atom. The van der Waals surface area contributed by atoms with Crippen molar-refractivity contribution in [1.82, 2.24) is 0 Å². The maximum absolute atomic E-state index is 11.4. The number of esters is 2. The Morgan fingerprint density at radius 2 is 1.74 bits per heavy atom. The summed E-state index contributed by atoms with van der Waals surface area (Å²) in [5.41, 5.74) is 0.955. The summed E-state index contributed by atoms with van der Waals surface area (Å²) < 4.78 is 22.0. The second kappa shape index (κ2) is 8.22. The summed E-state index contributed by atoms with van der Waals surface area (Å²) in [4.78, 5) is 22.6. The molecule has 27 heavy (non-hydrogen) atoms. The average Bonchev–Trinajstić information content (AvgIpc) is 2.66. The van der Waals surface area contributed by atoms with Crippen LogP contribution in [0.4, 0.5) is 0 Å². The van der Waals surface area contributed by atoms with Crippen LogP contribution in [0.3, 0.4) is 0 Å². The molecular formula is C21H22O6. The molecule has 0 saturated heterocycles. The number of rotatable bonds is 5. The molecule has 0 aliphatic carbocycles.